The van der Waals surface area contributed by atoms with Crippen molar-refractivity contribution in [3.63, 3.8) is 0 Å². The Morgan fingerprint density at radius 2 is 2.00 bits per heavy atom. The van der Waals surface area contributed by atoms with E-state index in [1.807, 2.05) is 33.2 Å². The van der Waals surface area contributed by atoms with Crippen LogP contribution in [0, 0.1) is 13.8 Å². The maximum atomic E-state index is 12.0. The van der Waals surface area contributed by atoms with Gasteiger partial charge in [0.25, 0.3) is 0 Å². The van der Waals surface area contributed by atoms with Crippen LogP contribution in [-0.4, -0.2) is 26.5 Å². The highest BCUT2D eigenvalue weighted by molar-refractivity contribution is 5.93. The van der Waals surface area contributed by atoms with E-state index in [1.54, 1.807) is 4.90 Å². The predicted molar refractivity (Wildman–Crippen MR) is 77.1 cm³/mol. The van der Waals surface area contributed by atoms with E-state index in [4.69, 9.17) is 0 Å². The molecule has 0 saturated carbocycles. The molecule has 1 amide bonds. The second kappa shape index (κ2) is 7.17. The van der Waals surface area contributed by atoms with Gasteiger partial charge < -0.3 is 10.2 Å². The summed E-state index contributed by atoms with van der Waals surface area (Å²) in [5.74, 6) is 0.193. The van der Waals surface area contributed by atoms with Crippen LogP contribution in [0.15, 0.2) is 18.2 Å². The number of hydrogen-bond donors (Lipinski definition) is 1. The quantitative estimate of drug-likeness (QED) is 0.785. The molecule has 0 aliphatic carbocycles. The molecule has 100 valence electrons. The first kappa shape index (κ1) is 14.7. The summed E-state index contributed by atoms with van der Waals surface area (Å²) in [4.78, 5) is 13.8. The molecule has 0 unspecified atom stereocenters. The number of aryl methyl sites for hydroxylation is 2. The maximum Gasteiger partial charge on any atom is 0.226 e. The van der Waals surface area contributed by atoms with Crippen LogP contribution in [0.4, 0.5) is 5.69 Å². The highest BCUT2D eigenvalue weighted by Crippen LogP contribution is 2.20. The summed E-state index contributed by atoms with van der Waals surface area (Å²) in [5.41, 5.74) is 3.39. The Morgan fingerprint density at radius 3 is 2.61 bits per heavy atom. The predicted octanol–water partition coefficient (Wildman–Crippen LogP) is 2.66. The number of carbonyl (C=O) groups excluding carboxylic acids is 1. The monoisotopic (exact) mass is 248 g/mol. The molecular formula is C15H24N2O. The van der Waals surface area contributed by atoms with Crippen LogP contribution in [0.3, 0.4) is 0 Å². The van der Waals surface area contributed by atoms with Crippen LogP contribution in [0.25, 0.3) is 0 Å². The Balaban J connectivity index is 2.57. The van der Waals surface area contributed by atoms with Crippen molar-refractivity contribution in [2.45, 2.75) is 33.1 Å². The number of hydrogen-bond acceptors (Lipinski definition) is 2. The summed E-state index contributed by atoms with van der Waals surface area (Å²) in [7, 11) is 3.79. The third-order valence-electron chi connectivity index (χ3n) is 3.16. The van der Waals surface area contributed by atoms with E-state index in [-0.39, 0.29) is 5.91 Å². The van der Waals surface area contributed by atoms with Crippen LogP contribution in [0.5, 0.6) is 0 Å². The van der Waals surface area contributed by atoms with Gasteiger partial charge in [0.15, 0.2) is 0 Å². The van der Waals surface area contributed by atoms with E-state index in [0.29, 0.717) is 6.42 Å². The number of unbranched alkanes of at least 4 members (excludes halogenated alkanes) is 1. The first-order valence-corrected chi connectivity index (χ1v) is 6.54. The van der Waals surface area contributed by atoms with E-state index in [9.17, 15) is 4.79 Å². The minimum atomic E-state index is 0.193. The normalized spacial score (nSPS) is 10.4. The van der Waals surface area contributed by atoms with Crippen molar-refractivity contribution in [3.05, 3.63) is 29.3 Å². The Labute approximate surface area is 110 Å². The van der Waals surface area contributed by atoms with Crippen molar-refractivity contribution in [1.82, 2.24) is 5.32 Å². The Kier molecular flexibility index (Phi) is 5.86. The molecule has 0 saturated heterocycles. The molecule has 0 fully saturated rings. The molecule has 0 bridgehead atoms. The van der Waals surface area contributed by atoms with Crippen LogP contribution in [0.2, 0.25) is 0 Å². The number of anilines is 1. The average molecular weight is 248 g/mol. The maximum absolute atomic E-state index is 12.0. The fourth-order valence-electron chi connectivity index (χ4n) is 2.06. The minimum absolute atomic E-state index is 0.193. The van der Waals surface area contributed by atoms with Crippen LogP contribution >= 0.6 is 0 Å². The second-order valence-corrected chi connectivity index (χ2v) is 4.80. The van der Waals surface area contributed by atoms with E-state index < -0.39 is 0 Å². The van der Waals surface area contributed by atoms with E-state index in [2.05, 4.69) is 18.3 Å². The molecule has 0 radical (unpaired) electrons. The summed E-state index contributed by atoms with van der Waals surface area (Å²) in [6.45, 7) is 5.09. The van der Waals surface area contributed by atoms with Gasteiger partial charge in [-0.25, -0.2) is 0 Å². The Bertz CT molecular complexity index is 401. The third kappa shape index (κ3) is 4.15. The molecule has 3 heteroatoms. The van der Waals surface area contributed by atoms with Crippen molar-refractivity contribution in [2.24, 2.45) is 0 Å². The van der Waals surface area contributed by atoms with Gasteiger partial charge in [-0.15, -0.1) is 0 Å². The third-order valence-corrected chi connectivity index (χ3v) is 3.16. The first-order valence-electron chi connectivity index (χ1n) is 6.54. The van der Waals surface area contributed by atoms with Gasteiger partial charge in [-0.3, -0.25) is 4.79 Å². The molecule has 1 rings (SSSR count). The average Bonchev–Trinajstić information content (AvgIpc) is 2.33. The lowest BCUT2D eigenvalue weighted by atomic mass is 10.1. The molecule has 1 aromatic carbocycles. The highest BCUT2D eigenvalue weighted by atomic mass is 16.2. The topological polar surface area (TPSA) is 32.3 Å². The minimum Gasteiger partial charge on any atom is -0.320 e. The van der Waals surface area contributed by atoms with Crippen molar-refractivity contribution < 1.29 is 4.79 Å². The smallest absolute Gasteiger partial charge is 0.226 e. The van der Waals surface area contributed by atoms with Crippen molar-refractivity contribution in [3.8, 4) is 0 Å². The largest absolute Gasteiger partial charge is 0.320 e. The number of nitrogens with one attached hydrogen (secondary N) is 1. The molecule has 0 atom stereocenters. The molecular weight excluding hydrogens is 224 g/mol. The number of rotatable bonds is 6. The lowest BCUT2D eigenvalue weighted by Crippen LogP contribution is -2.26. The molecule has 1 aromatic rings. The van der Waals surface area contributed by atoms with Crippen LogP contribution in [0.1, 0.15) is 30.4 Å². The van der Waals surface area contributed by atoms with Crippen molar-refractivity contribution in [1.29, 1.82) is 0 Å². The first-order chi connectivity index (χ1) is 8.56. The number of benzene rings is 1. The fraction of sp³-hybridized carbons (Fsp3) is 0.533. The number of carbonyl (C=O) groups is 1. The summed E-state index contributed by atoms with van der Waals surface area (Å²) >= 11 is 0. The molecule has 0 aliphatic heterocycles. The molecule has 0 spiro atoms. The Hall–Kier alpha value is -1.35. The van der Waals surface area contributed by atoms with Gasteiger partial charge in [-0.2, -0.15) is 0 Å². The summed E-state index contributed by atoms with van der Waals surface area (Å²) in [5, 5.41) is 3.09. The van der Waals surface area contributed by atoms with E-state index >= 15 is 0 Å². The molecule has 18 heavy (non-hydrogen) atoms. The van der Waals surface area contributed by atoms with Gasteiger partial charge in [0.1, 0.15) is 0 Å². The van der Waals surface area contributed by atoms with Gasteiger partial charge in [0, 0.05) is 19.2 Å². The molecule has 1 N–H and O–H groups in total. The summed E-state index contributed by atoms with van der Waals surface area (Å²) < 4.78 is 0. The zero-order chi connectivity index (χ0) is 13.5. The molecule has 0 aromatic heterocycles. The number of nitrogens with zero attached hydrogens (tertiary/aromatic N) is 1. The lowest BCUT2D eigenvalue weighted by Gasteiger charge is -2.20. The lowest BCUT2D eigenvalue weighted by molar-refractivity contribution is -0.118. The van der Waals surface area contributed by atoms with E-state index in [1.165, 1.54) is 5.56 Å². The SMILES string of the molecule is CNCCCCC(=O)N(C)c1ccc(C)cc1C. The van der Waals surface area contributed by atoms with Gasteiger partial charge in [0.2, 0.25) is 5.91 Å². The molecule has 3 nitrogen and oxygen atoms in total. The number of amides is 1. The van der Waals surface area contributed by atoms with Crippen molar-refractivity contribution in [2.75, 3.05) is 25.5 Å². The van der Waals surface area contributed by atoms with E-state index in [0.717, 1.165) is 30.6 Å². The zero-order valence-corrected chi connectivity index (χ0v) is 11.9. The van der Waals surface area contributed by atoms with Gasteiger partial charge in [-0.1, -0.05) is 17.7 Å². The fourth-order valence-corrected chi connectivity index (χ4v) is 2.06. The van der Waals surface area contributed by atoms with Crippen molar-refractivity contribution >= 4 is 11.6 Å². The van der Waals surface area contributed by atoms with Gasteiger partial charge >= 0.3 is 0 Å². The molecule has 0 aliphatic rings. The summed E-state index contributed by atoms with van der Waals surface area (Å²) in [6.07, 6.45) is 2.60. The standard InChI is InChI=1S/C15H24N2O/c1-12-8-9-14(13(2)11-12)17(4)15(18)7-5-6-10-16-3/h8-9,11,16H,5-7,10H2,1-4H3. The zero-order valence-electron chi connectivity index (χ0n) is 11.9. The van der Waals surface area contributed by atoms with Crippen LogP contribution in [-0.2, 0) is 4.79 Å². The molecule has 0 heterocycles. The second-order valence-electron chi connectivity index (χ2n) is 4.80. The Morgan fingerprint density at radius 1 is 1.28 bits per heavy atom. The van der Waals surface area contributed by atoms with Crippen LogP contribution < -0.4 is 10.2 Å². The van der Waals surface area contributed by atoms with Gasteiger partial charge in [-0.05, 0) is 51.9 Å². The summed E-state index contributed by atoms with van der Waals surface area (Å²) in [6, 6.07) is 6.18. The van der Waals surface area contributed by atoms with Gasteiger partial charge in [0.05, 0.1) is 0 Å². The highest BCUT2D eigenvalue weighted by Gasteiger charge is 2.12.